The van der Waals surface area contributed by atoms with Crippen LogP contribution in [0.4, 0.5) is 10.1 Å². The van der Waals surface area contributed by atoms with E-state index in [1.54, 1.807) is 18.2 Å². The average molecular weight is 423 g/mol. The Morgan fingerprint density at radius 1 is 1.10 bits per heavy atom. The minimum absolute atomic E-state index is 0.0606. The average Bonchev–Trinajstić information content (AvgIpc) is 2.32. The third-order valence-corrected chi connectivity index (χ3v) is 5.39. The van der Waals surface area contributed by atoms with Crippen molar-refractivity contribution in [2.24, 2.45) is 0 Å². The van der Waals surface area contributed by atoms with Gasteiger partial charge in [-0.05, 0) is 58.7 Å². The van der Waals surface area contributed by atoms with Crippen molar-refractivity contribution in [2.45, 2.75) is 11.8 Å². The minimum Gasteiger partial charge on any atom is -0.277 e. The number of aryl methyl sites for hydroxylation is 1. The number of sulfonamides is 1. The van der Waals surface area contributed by atoms with Crippen LogP contribution in [0.15, 0.2) is 50.2 Å². The Morgan fingerprint density at radius 3 is 2.40 bits per heavy atom. The van der Waals surface area contributed by atoms with Crippen LogP contribution < -0.4 is 4.72 Å². The van der Waals surface area contributed by atoms with Gasteiger partial charge in [-0.3, -0.25) is 4.72 Å². The molecule has 0 saturated heterocycles. The Kier molecular flexibility index (Phi) is 4.51. The molecule has 2 rings (SSSR count). The maximum atomic E-state index is 13.7. The minimum atomic E-state index is -3.85. The standard InChI is InChI=1S/C13H10Br2FNO2S/c1-8-2-5-13(10(15)6-8)20(18,19)17-12-4-3-9(14)7-11(12)16/h2-7,17H,1H3. The Balaban J connectivity index is 2.41. The van der Waals surface area contributed by atoms with Crippen LogP contribution >= 0.6 is 31.9 Å². The van der Waals surface area contributed by atoms with Gasteiger partial charge in [0.05, 0.1) is 5.69 Å². The van der Waals surface area contributed by atoms with Gasteiger partial charge in [-0.1, -0.05) is 22.0 Å². The van der Waals surface area contributed by atoms with Crippen LogP contribution in [0.1, 0.15) is 5.56 Å². The molecule has 0 amide bonds. The highest BCUT2D eigenvalue weighted by molar-refractivity contribution is 9.10. The molecule has 0 atom stereocenters. The Morgan fingerprint density at radius 2 is 1.80 bits per heavy atom. The van der Waals surface area contributed by atoms with Crippen LogP contribution in [-0.4, -0.2) is 8.42 Å². The fourth-order valence-electron chi connectivity index (χ4n) is 1.60. The second-order valence-corrected chi connectivity index (χ2v) is 7.58. The summed E-state index contributed by atoms with van der Waals surface area (Å²) in [5.74, 6) is -0.647. The van der Waals surface area contributed by atoms with E-state index in [4.69, 9.17) is 0 Å². The van der Waals surface area contributed by atoms with E-state index < -0.39 is 15.8 Å². The molecule has 20 heavy (non-hydrogen) atoms. The van der Waals surface area contributed by atoms with E-state index in [0.717, 1.165) is 5.56 Å². The number of rotatable bonds is 3. The van der Waals surface area contributed by atoms with E-state index in [9.17, 15) is 12.8 Å². The molecule has 2 aromatic carbocycles. The zero-order valence-electron chi connectivity index (χ0n) is 10.3. The third-order valence-electron chi connectivity index (χ3n) is 2.55. The normalized spacial score (nSPS) is 11.4. The fourth-order valence-corrected chi connectivity index (χ4v) is 4.19. The number of nitrogens with one attached hydrogen (secondary N) is 1. The van der Waals surface area contributed by atoms with Crippen LogP contribution in [0.25, 0.3) is 0 Å². The lowest BCUT2D eigenvalue weighted by Crippen LogP contribution is -2.14. The summed E-state index contributed by atoms with van der Waals surface area (Å²) in [5, 5.41) is 0. The van der Waals surface area contributed by atoms with Gasteiger partial charge in [0.2, 0.25) is 0 Å². The second kappa shape index (κ2) is 5.83. The molecule has 0 aliphatic heterocycles. The van der Waals surface area contributed by atoms with E-state index in [2.05, 4.69) is 36.6 Å². The van der Waals surface area contributed by atoms with Crippen LogP contribution in [0, 0.1) is 12.7 Å². The summed E-state index contributed by atoms with van der Waals surface area (Å²) in [7, 11) is -3.85. The maximum Gasteiger partial charge on any atom is 0.263 e. The quantitative estimate of drug-likeness (QED) is 0.793. The summed E-state index contributed by atoms with van der Waals surface area (Å²) in [5.41, 5.74) is 0.825. The molecular weight excluding hydrogens is 413 g/mol. The predicted octanol–water partition coefficient (Wildman–Crippen LogP) is 4.46. The summed E-state index contributed by atoms with van der Waals surface area (Å²) < 4.78 is 41.4. The highest BCUT2D eigenvalue weighted by atomic mass is 79.9. The zero-order valence-corrected chi connectivity index (χ0v) is 14.3. The maximum absolute atomic E-state index is 13.7. The zero-order chi connectivity index (χ0) is 14.9. The molecule has 0 fully saturated rings. The Labute approximate surface area is 133 Å². The Hall–Kier alpha value is -0.920. The lowest BCUT2D eigenvalue weighted by Gasteiger charge is -2.11. The number of benzene rings is 2. The van der Waals surface area contributed by atoms with Crippen LogP contribution in [0.5, 0.6) is 0 Å². The van der Waals surface area contributed by atoms with Crippen LogP contribution in [0.3, 0.4) is 0 Å². The first-order valence-electron chi connectivity index (χ1n) is 5.53. The fraction of sp³-hybridized carbons (Fsp3) is 0.0769. The smallest absolute Gasteiger partial charge is 0.263 e. The molecule has 0 radical (unpaired) electrons. The molecule has 106 valence electrons. The second-order valence-electron chi connectivity index (χ2n) is 4.16. The first kappa shape index (κ1) is 15.5. The highest BCUT2D eigenvalue weighted by Crippen LogP contribution is 2.27. The lowest BCUT2D eigenvalue weighted by molar-refractivity contribution is 0.598. The first-order valence-corrected chi connectivity index (χ1v) is 8.60. The number of halogens is 3. The summed E-state index contributed by atoms with van der Waals surface area (Å²) in [6, 6.07) is 8.95. The molecule has 0 aliphatic rings. The SMILES string of the molecule is Cc1ccc(S(=O)(=O)Nc2ccc(Br)cc2F)c(Br)c1. The van der Waals surface area contributed by atoms with E-state index in [1.165, 1.54) is 18.2 Å². The van der Waals surface area contributed by atoms with Gasteiger partial charge >= 0.3 is 0 Å². The molecule has 2 aromatic rings. The van der Waals surface area contributed by atoms with Crippen molar-refractivity contribution >= 4 is 47.6 Å². The molecule has 0 saturated carbocycles. The van der Waals surface area contributed by atoms with Gasteiger partial charge in [-0.2, -0.15) is 0 Å². The van der Waals surface area contributed by atoms with E-state index in [1.807, 2.05) is 6.92 Å². The molecule has 1 N–H and O–H groups in total. The summed E-state index contributed by atoms with van der Waals surface area (Å²) in [4.78, 5) is 0.0606. The molecular formula is C13H10Br2FNO2S. The van der Waals surface area contributed by atoms with Crippen molar-refractivity contribution in [1.82, 2.24) is 0 Å². The topological polar surface area (TPSA) is 46.2 Å². The third kappa shape index (κ3) is 3.39. The van der Waals surface area contributed by atoms with Gasteiger partial charge in [0.1, 0.15) is 10.7 Å². The molecule has 0 bridgehead atoms. The van der Waals surface area contributed by atoms with Crippen LogP contribution in [0.2, 0.25) is 0 Å². The lowest BCUT2D eigenvalue weighted by atomic mass is 10.2. The van der Waals surface area contributed by atoms with Crippen molar-refractivity contribution in [3.63, 3.8) is 0 Å². The Bertz CT molecular complexity index is 763. The molecule has 0 aromatic heterocycles. The van der Waals surface area contributed by atoms with Crippen molar-refractivity contribution in [2.75, 3.05) is 4.72 Å². The summed E-state index contributed by atoms with van der Waals surface area (Å²) in [6.07, 6.45) is 0. The van der Waals surface area contributed by atoms with Crippen molar-refractivity contribution < 1.29 is 12.8 Å². The predicted molar refractivity (Wildman–Crippen MR) is 83.8 cm³/mol. The van der Waals surface area contributed by atoms with Crippen LogP contribution in [-0.2, 0) is 10.0 Å². The molecule has 0 heterocycles. The molecule has 0 aliphatic carbocycles. The van der Waals surface area contributed by atoms with Gasteiger partial charge in [0.15, 0.2) is 0 Å². The highest BCUT2D eigenvalue weighted by Gasteiger charge is 2.19. The summed E-state index contributed by atoms with van der Waals surface area (Å²) in [6.45, 7) is 1.85. The largest absolute Gasteiger partial charge is 0.277 e. The van der Waals surface area contributed by atoms with Gasteiger partial charge in [0, 0.05) is 8.95 Å². The molecule has 0 spiro atoms. The molecule has 3 nitrogen and oxygen atoms in total. The number of anilines is 1. The number of hydrogen-bond donors (Lipinski definition) is 1. The number of hydrogen-bond acceptors (Lipinski definition) is 2. The first-order chi connectivity index (χ1) is 9.29. The van der Waals surface area contributed by atoms with E-state index >= 15 is 0 Å². The van der Waals surface area contributed by atoms with Crippen molar-refractivity contribution in [1.29, 1.82) is 0 Å². The molecule has 0 unspecified atom stereocenters. The summed E-state index contributed by atoms with van der Waals surface area (Å²) >= 11 is 6.32. The molecule has 7 heteroatoms. The van der Waals surface area contributed by atoms with Gasteiger partial charge < -0.3 is 0 Å². The van der Waals surface area contributed by atoms with Crippen molar-refractivity contribution in [3.8, 4) is 0 Å². The van der Waals surface area contributed by atoms with E-state index in [-0.39, 0.29) is 10.6 Å². The van der Waals surface area contributed by atoms with Gasteiger partial charge in [-0.25, -0.2) is 12.8 Å². The van der Waals surface area contributed by atoms with E-state index in [0.29, 0.717) is 8.95 Å². The monoisotopic (exact) mass is 421 g/mol. The van der Waals surface area contributed by atoms with Crippen molar-refractivity contribution in [3.05, 3.63) is 56.7 Å². The van der Waals surface area contributed by atoms with Gasteiger partial charge in [-0.15, -0.1) is 0 Å². The van der Waals surface area contributed by atoms with Gasteiger partial charge in [0.25, 0.3) is 10.0 Å².